The lowest BCUT2D eigenvalue weighted by atomic mass is 9.84. The van der Waals surface area contributed by atoms with Crippen molar-refractivity contribution in [2.75, 3.05) is 6.54 Å². The maximum absolute atomic E-state index is 13.7. The molecular weight excluding hydrogens is 374 g/mol. The Bertz CT molecular complexity index is 1030. The van der Waals surface area contributed by atoms with Crippen LogP contribution in [0.3, 0.4) is 0 Å². The second kappa shape index (κ2) is 8.64. The molecule has 0 bridgehead atoms. The Morgan fingerprint density at radius 2 is 1.47 bits per heavy atom. The Morgan fingerprint density at radius 1 is 0.833 bits per heavy atom. The number of nitrogens with zero attached hydrogens (tertiary/aromatic N) is 1. The molecule has 0 saturated carbocycles. The smallest absolute Gasteiger partial charge is 0.315 e. The van der Waals surface area contributed by atoms with Crippen molar-refractivity contribution < 1.29 is 19.2 Å². The highest BCUT2D eigenvalue weighted by Crippen LogP contribution is 2.43. The van der Waals surface area contributed by atoms with Crippen LogP contribution in [-0.4, -0.2) is 28.0 Å². The van der Waals surface area contributed by atoms with Crippen LogP contribution in [-0.2, 0) is 22.6 Å². The number of hydrogen-bond acceptors (Lipinski definition) is 2. The van der Waals surface area contributed by atoms with E-state index < -0.39 is 5.97 Å². The fourth-order valence-corrected chi connectivity index (χ4v) is 4.72. The van der Waals surface area contributed by atoms with E-state index in [0.29, 0.717) is 13.1 Å². The second-order valence-electron chi connectivity index (χ2n) is 7.95. The van der Waals surface area contributed by atoms with Crippen molar-refractivity contribution in [1.82, 2.24) is 0 Å². The third kappa shape index (κ3) is 3.91. The lowest BCUT2D eigenvalue weighted by Gasteiger charge is -2.46. The molecule has 1 aliphatic rings. The Labute approximate surface area is 177 Å². The van der Waals surface area contributed by atoms with Crippen molar-refractivity contribution in [3.63, 3.8) is 0 Å². The predicted molar refractivity (Wildman–Crippen MR) is 116 cm³/mol. The first-order valence-electron chi connectivity index (χ1n) is 10.4. The highest BCUT2D eigenvalue weighted by atomic mass is 16.4. The first-order valence-corrected chi connectivity index (χ1v) is 10.4. The van der Waals surface area contributed by atoms with E-state index in [4.69, 9.17) is 0 Å². The van der Waals surface area contributed by atoms with Crippen LogP contribution in [0.4, 0.5) is 0 Å². The summed E-state index contributed by atoms with van der Waals surface area (Å²) >= 11 is 0. The molecule has 0 spiro atoms. The number of carbonyl (C=O) groups is 2. The quantitative estimate of drug-likeness (QED) is 0.608. The fraction of sp³-hybridized carbons (Fsp3) is 0.231. The van der Waals surface area contributed by atoms with Crippen LogP contribution in [0.25, 0.3) is 0 Å². The summed E-state index contributed by atoms with van der Waals surface area (Å²) in [5.74, 6) is -0.945. The molecule has 30 heavy (non-hydrogen) atoms. The zero-order valence-electron chi connectivity index (χ0n) is 16.9. The van der Waals surface area contributed by atoms with Crippen molar-refractivity contribution in [3.8, 4) is 0 Å². The zero-order valence-corrected chi connectivity index (χ0v) is 16.9. The predicted octanol–water partition coefficient (Wildman–Crippen LogP) is 4.74. The van der Waals surface area contributed by atoms with Crippen molar-refractivity contribution >= 4 is 11.9 Å². The molecule has 2 unspecified atom stereocenters. The maximum atomic E-state index is 13.7. The number of quaternary nitrogens is 1. The van der Waals surface area contributed by atoms with E-state index in [1.165, 1.54) is 5.56 Å². The molecule has 1 N–H and O–H groups in total. The highest BCUT2D eigenvalue weighted by Gasteiger charge is 2.48. The Hall–Kier alpha value is -3.24. The lowest BCUT2D eigenvalue weighted by molar-refractivity contribution is -0.895. The van der Waals surface area contributed by atoms with Gasteiger partial charge in [0.05, 0.1) is 19.4 Å². The van der Waals surface area contributed by atoms with Gasteiger partial charge in [-0.1, -0.05) is 84.9 Å². The van der Waals surface area contributed by atoms with Crippen LogP contribution in [0.1, 0.15) is 41.1 Å². The SMILES string of the molecule is O=C(O)CCC(=O)[N+]1(Cc2ccccc2)CCc2ccccc2C1c1ccccc1. The highest BCUT2D eigenvalue weighted by molar-refractivity contribution is 5.77. The van der Waals surface area contributed by atoms with Crippen molar-refractivity contribution in [3.05, 3.63) is 107 Å². The summed E-state index contributed by atoms with van der Waals surface area (Å²) in [5, 5.41) is 9.22. The minimum atomic E-state index is -0.935. The minimum Gasteiger partial charge on any atom is -0.481 e. The standard InChI is InChI=1S/C26H25NO3/c28-24(15-16-25(29)30)27(19-20-9-3-1-4-10-20)18-17-21-11-7-8-14-23(21)26(27)22-12-5-2-6-13-22/h1-14,26H,15-19H2/p+1. The van der Waals surface area contributed by atoms with Gasteiger partial charge in [-0.05, 0) is 5.56 Å². The van der Waals surface area contributed by atoms with Gasteiger partial charge in [0.2, 0.25) is 0 Å². The fourth-order valence-electron chi connectivity index (χ4n) is 4.72. The normalized spacial score (nSPS) is 20.3. The Kier molecular flexibility index (Phi) is 5.77. The third-order valence-corrected chi connectivity index (χ3v) is 6.10. The zero-order chi connectivity index (χ0) is 21.0. The molecule has 0 radical (unpaired) electrons. The van der Waals surface area contributed by atoms with Gasteiger partial charge in [0.1, 0.15) is 12.6 Å². The molecule has 4 heteroatoms. The van der Waals surface area contributed by atoms with Gasteiger partial charge in [-0.2, -0.15) is 0 Å². The summed E-state index contributed by atoms with van der Waals surface area (Å²) in [6, 6.07) is 28.4. The van der Waals surface area contributed by atoms with Gasteiger partial charge in [-0.25, -0.2) is 9.28 Å². The number of amides is 1. The van der Waals surface area contributed by atoms with Gasteiger partial charge in [0.15, 0.2) is 0 Å². The van der Waals surface area contributed by atoms with Crippen LogP contribution in [0.2, 0.25) is 0 Å². The molecule has 0 aromatic heterocycles. The molecule has 0 saturated heterocycles. The molecule has 2 atom stereocenters. The number of aliphatic carboxylic acids is 1. The third-order valence-electron chi connectivity index (χ3n) is 6.10. The Balaban J connectivity index is 1.87. The Morgan fingerprint density at radius 3 is 2.17 bits per heavy atom. The molecule has 152 valence electrons. The van der Waals surface area contributed by atoms with Crippen molar-refractivity contribution in [1.29, 1.82) is 0 Å². The van der Waals surface area contributed by atoms with Crippen molar-refractivity contribution in [2.24, 2.45) is 0 Å². The van der Waals surface area contributed by atoms with Gasteiger partial charge in [-0.15, -0.1) is 0 Å². The van der Waals surface area contributed by atoms with E-state index in [-0.39, 0.29) is 29.3 Å². The number of rotatable bonds is 6. The van der Waals surface area contributed by atoms with E-state index in [2.05, 4.69) is 24.3 Å². The summed E-state index contributed by atoms with van der Waals surface area (Å²) in [6.07, 6.45) is 0.690. The van der Waals surface area contributed by atoms with Crippen molar-refractivity contribution in [2.45, 2.75) is 31.8 Å². The molecule has 1 heterocycles. The maximum Gasteiger partial charge on any atom is 0.315 e. The topological polar surface area (TPSA) is 54.4 Å². The van der Waals surface area contributed by atoms with E-state index in [0.717, 1.165) is 23.1 Å². The molecule has 4 nitrogen and oxygen atoms in total. The number of benzene rings is 3. The second-order valence-corrected chi connectivity index (χ2v) is 7.95. The largest absolute Gasteiger partial charge is 0.481 e. The van der Waals surface area contributed by atoms with Gasteiger partial charge in [0, 0.05) is 23.1 Å². The van der Waals surface area contributed by atoms with Crippen LogP contribution in [0.5, 0.6) is 0 Å². The first-order chi connectivity index (χ1) is 14.6. The van der Waals surface area contributed by atoms with Crippen LogP contribution in [0.15, 0.2) is 84.9 Å². The molecule has 1 aliphatic heterocycles. The molecule has 0 fully saturated rings. The summed E-state index contributed by atoms with van der Waals surface area (Å²) in [5.41, 5.74) is 4.60. The molecule has 3 aromatic rings. The van der Waals surface area contributed by atoms with E-state index in [1.807, 2.05) is 60.7 Å². The number of hydrogen-bond donors (Lipinski definition) is 1. The number of carboxylic acids is 1. The molecule has 0 aliphatic carbocycles. The van der Waals surface area contributed by atoms with Gasteiger partial charge >= 0.3 is 11.9 Å². The van der Waals surface area contributed by atoms with Crippen LogP contribution >= 0.6 is 0 Å². The van der Waals surface area contributed by atoms with E-state index in [9.17, 15) is 14.7 Å². The summed E-state index contributed by atoms with van der Waals surface area (Å²) < 4.78 is 0.221. The first kappa shape index (κ1) is 20.0. The van der Waals surface area contributed by atoms with Gasteiger partial charge in [0.25, 0.3) is 0 Å². The molecule has 1 amide bonds. The molecule has 3 aromatic carbocycles. The summed E-state index contributed by atoms with van der Waals surface area (Å²) in [6.45, 7) is 1.21. The van der Waals surface area contributed by atoms with Crippen LogP contribution < -0.4 is 0 Å². The number of fused-ring (bicyclic) bond motifs is 1. The average molecular weight is 400 g/mol. The van der Waals surface area contributed by atoms with E-state index >= 15 is 0 Å². The molecular formula is C26H26NO3+. The van der Waals surface area contributed by atoms with E-state index in [1.54, 1.807) is 0 Å². The summed E-state index contributed by atoms with van der Waals surface area (Å²) in [4.78, 5) is 25.0. The minimum absolute atomic E-state index is 0.00962. The monoisotopic (exact) mass is 400 g/mol. The van der Waals surface area contributed by atoms with Crippen LogP contribution in [0, 0.1) is 0 Å². The number of carbonyl (C=O) groups excluding carboxylic acids is 1. The lowest BCUT2D eigenvalue weighted by Crippen LogP contribution is -2.58. The van der Waals surface area contributed by atoms with Gasteiger partial charge in [-0.3, -0.25) is 4.79 Å². The summed E-state index contributed by atoms with van der Waals surface area (Å²) in [7, 11) is 0. The average Bonchev–Trinajstić information content (AvgIpc) is 2.78. The van der Waals surface area contributed by atoms with Gasteiger partial charge < -0.3 is 5.11 Å². The number of carboxylic acid groups (broad SMARTS) is 1. The molecule has 4 rings (SSSR count).